The maximum atomic E-state index is 12.7. The SMILES string of the molecule is O=C(Nc1ccc(Br)cn1)C1CCCN(c2cc(N3CCCCC3)ncn2)C1. The van der Waals surface area contributed by atoms with Crippen LogP contribution in [0.4, 0.5) is 17.5 Å². The number of carbonyl (C=O) groups is 1. The van der Waals surface area contributed by atoms with Crippen LogP contribution in [0.25, 0.3) is 0 Å². The van der Waals surface area contributed by atoms with Gasteiger partial charge in [-0.1, -0.05) is 0 Å². The van der Waals surface area contributed by atoms with Crippen LogP contribution < -0.4 is 15.1 Å². The third-order valence-corrected chi connectivity index (χ3v) is 5.88. The van der Waals surface area contributed by atoms with E-state index in [0.717, 1.165) is 48.6 Å². The predicted molar refractivity (Wildman–Crippen MR) is 114 cm³/mol. The van der Waals surface area contributed by atoms with Crippen molar-refractivity contribution >= 4 is 39.3 Å². The number of aromatic nitrogens is 3. The minimum absolute atomic E-state index is 0.0184. The summed E-state index contributed by atoms with van der Waals surface area (Å²) in [6, 6.07) is 5.75. The summed E-state index contributed by atoms with van der Waals surface area (Å²) in [6.07, 6.45) is 8.91. The van der Waals surface area contributed by atoms with Gasteiger partial charge < -0.3 is 15.1 Å². The molecule has 2 aliphatic heterocycles. The average Bonchev–Trinajstić information content (AvgIpc) is 2.76. The number of amides is 1. The first-order valence-electron chi connectivity index (χ1n) is 9.93. The van der Waals surface area contributed by atoms with Gasteiger partial charge in [0.05, 0.1) is 5.92 Å². The van der Waals surface area contributed by atoms with Crippen LogP contribution in [0.15, 0.2) is 35.2 Å². The van der Waals surface area contributed by atoms with Crippen molar-refractivity contribution in [1.82, 2.24) is 15.0 Å². The lowest BCUT2D eigenvalue weighted by Gasteiger charge is -2.33. The van der Waals surface area contributed by atoms with E-state index in [4.69, 9.17) is 0 Å². The second-order valence-electron chi connectivity index (χ2n) is 7.42. The first kappa shape index (κ1) is 19.1. The molecule has 28 heavy (non-hydrogen) atoms. The van der Waals surface area contributed by atoms with Gasteiger partial charge >= 0.3 is 0 Å². The quantitative estimate of drug-likeness (QED) is 0.777. The molecular weight excluding hydrogens is 420 g/mol. The number of piperidine rings is 2. The van der Waals surface area contributed by atoms with E-state index in [9.17, 15) is 4.79 Å². The zero-order valence-corrected chi connectivity index (χ0v) is 17.4. The zero-order valence-electron chi connectivity index (χ0n) is 15.9. The summed E-state index contributed by atoms with van der Waals surface area (Å²) in [5, 5.41) is 2.94. The van der Waals surface area contributed by atoms with E-state index in [1.807, 2.05) is 6.07 Å². The lowest BCUT2D eigenvalue weighted by atomic mass is 9.97. The number of carbonyl (C=O) groups excluding carboxylic acids is 1. The van der Waals surface area contributed by atoms with Gasteiger partial charge in [-0.3, -0.25) is 4.79 Å². The van der Waals surface area contributed by atoms with Gasteiger partial charge in [0.2, 0.25) is 5.91 Å². The lowest BCUT2D eigenvalue weighted by Crippen LogP contribution is -2.41. The maximum Gasteiger partial charge on any atom is 0.230 e. The number of nitrogens with one attached hydrogen (secondary N) is 1. The molecule has 2 aliphatic rings. The summed E-state index contributed by atoms with van der Waals surface area (Å²) in [5.74, 6) is 2.43. The van der Waals surface area contributed by atoms with Crippen LogP contribution in [0.5, 0.6) is 0 Å². The largest absolute Gasteiger partial charge is 0.356 e. The maximum absolute atomic E-state index is 12.7. The second kappa shape index (κ2) is 8.86. The highest BCUT2D eigenvalue weighted by Crippen LogP contribution is 2.26. The van der Waals surface area contributed by atoms with E-state index < -0.39 is 0 Å². The smallest absolute Gasteiger partial charge is 0.230 e. The van der Waals surface area contributed by atoms with Gasteiger partial charge in [0.15, 0.2) is 0 Å². The van der Waals surface area contributed by atoms with Crippen molar-refractivity contribution in [3.63, 3.8) is 0 Å². The van der Waals surface area contributed by atoms with E-state index >= 15 is 0 Å². The van der Waals surface area contributed by atoms with Crippen molar-refractivity contribution in [1.29, 1.82) is 0 Å². The Morgan fingerprint density at radius 2 is 1.75 bits per heavy atom. The van der Waals surface area contributed by atoms with Gasteiger partial charge in [-0.25, -0.2) is 15.0 Å². The van der Waals surface area contributed by atoms with E-state index in [0.29, 0.717) is 12.4 Å². The van der Waals surface area contributed by atoms with Gasteiger partial charge in [0.25, 0.3) is 0 Å². The van der Waals surface area contributed by atoms with Crippen LogP contribution in [0.1, 0.15) is 32.1 Å². The molecule has 0 aliphatic carbocycles. The number of pyridine rings is 1. The van der Waals surface area contributed by atoms with Crippen LogP contribution in [0, 0.1) is 5.92 Å². The van der Waals surface area contributed by atoms with Crippen molar-refractivity contribution in [2.75, 3.05) is 41.3 Å². The first-order chi connectivity index (χ1) is 13.7. The molecule has 7 nitrogen and oxygen atoms in total. The summed E-state index contributed by atoms with van der Waals surface area (Å²) < 4.78 is 0.891. The fraction of sp³-hybridized carbons (Fsp3) is 0.500. The van der Waals surface area contributed by atoms with Gasteiger partial charge in [-0.15, -0.1) is 0 Å². The molecule has 0 aromatic carbocycles. The Morgan fingerprint density at radius 1 is 1.00 bits per heavy atom. The molecule has 1 atom stereocenters. The molecule has 2 aromatic heterocycles. The number of rotatable bonds is 4. The topological polar surface area (TPSA) is 74.2 Å². The van der Waals surface area contributed by atoms with E-state index in [1.54, 1.807) is 18.6 Å². The van der Waals surface area contributed by atoms with Crippen LogP contribution >= 0.6 is 15.9 Å². The molecule has 4 heterocycles. The van der Waals surface area contributed by atoms with Crippen LogP contribution in [0.3, 0.4) is 0 Å². The minimum atomic E-state index is -0.0763. The molecule has 0 bridgehead atoms. The molecule has 0 saturated carbocycles. The second-order valence-corrected chi connectivity index (χ2v) is 8.33. The van der Waals surface area contributed by atoms with E-state index in [-0.39, 0.29) is 11.8 Å². The summed E-state index contributed by atoms with van der Waals surface area (Å²) in [4.78, 5) is 30.4. The van der Waals surface area contributed by atoms with Gasteiger partial charge in [0.1, 0.15) is 23.8 Å². The molecule has 2 aromatic rings. The summed E-state index contributed by atoms with van der Waals surface area (Å²) in [5.41, 5.74) is 0. The van der Waals surface area contributed by atoms with E-state index in [2.05, 4.69) is 52.1 Å². The Labute approximate surface area is 173 Å². The third-order valence-electron chi connectivity index (χ3n) is 5.41. The monoisotopic (exact) mass is 444 g/mol. The first-order valence-corrected chi connectivity index (χ1v) is 10.7. The Morgan fingerprint density at radius 3 is 2.50 bits per heavy atom. The molecule has 148 valence electrons. The van der Waals surface area contributed by atoms with Crippen molar-refractivity contribution in [3.8, 4) is 0 Å². The van der Waals surface area contributed by atoms with Gasteiger partial charge in [-0.05, 0) is 60.2 Å². The average molecular weight is 445 g/mol. The highest BCUT2D eigenvalue weighted by Gasteiger charge is 2.27. The molecule has 8 heteroatoms. The standard InChI is InChI=1S/C20H25BrN6O/c21-16-6-7-17(22-12-16)25-20(28)15-5-4-10-27(13-15)19-11-18(23-14-24-19)26-8-2-1-3-9-26/h6-7,11-12,14-15H,1-5,8-10,13H2,(H,22,25,28). The van der Waals surface area contributed by atoms with Crippen molar-refractivity contribution in [2.45, 2.75) is 32.1 Å². The number of hydrogen-bond acceptors (Lipinski definition) is 6. The highest BCUT2D eigenvalue weighted by atomic mass is 79.9. The molecule has 2 saturated heterocycles. The molecular formula is C20H25BrN6O. The third kappa shape index (κ3) is 4.60. The summed E-state index contributed by atoms with van der Waals surface area (Å²) >= 11 is 3.36. The summed E-state index contributed by atoms with van der Waals surface area (Å²) in [6.45, 7) is 3.69. The molecule has 0 spiro atoms. The lowest BCUT2D eigenvalue weighted by molar-refractivity contribution is -0.120. The van der Waals surface area contributed by atoms with Crippen molar-refractivity contribution in [3.05, 3.63) is 35.2 Å². The molecule has 4 rings (SSSR count). The Kier molecular flexibility index (Phi) is 6.04. The van der Waals surface area contributed by atoms with Crippen LogP contribution in [-0.2, 0) is 4.79 Å². The summed E-state index contributed by atoms with van der Waals surface area (Å²) in [7, 11) is 0. The molecule has 1 amide bonds. The minimum Gasteiger partial charge on any atom is -0.356 e. The van der Waals surface area contributed by atoms with Crippen molar-refractivity contribution < 1.29 is 4.79 Å². The van der Waals surface area contributed by atoms with Gasteiger partial charge in [-0.2, -0.15) is 0 Å². The molecule has 2 fully saturated rings. The fourth-order valence-corrected chi connectivity index (χ4v) is 4.12. The molecule has 0 radical (unpaired) electrons. The number of nitrogens with zero attached hydrogens (tertiary/aromatic N) is 5. The van der Waals surface area contributed by atoms with E-state index in [1.165, 1.54) is 19.3 Å². The normalized spacial score (nSPS) is 20.1. The Hall–Kier alpha value is -2.22. The Balaban J connectivity index is 1.41. The molecule has 1 unspecified atom stereocenters. The zero-order chi connectivity index (χ0) is 19.3. The highest BCUT2D eigenvalue weighted by molar-refractivity contribution is 9.10. The number of anilines is 3. The van der Waals surface area contributed by atoms with Crippen molar-refractivity contribution in [2.24, 2.45) is 5.92 Å². The number of hydrogen-bond donors (Lipinski definition) is 1. The van der Waals surface area contributed by atoms with Gasteiger partial charge in [0, 0.05) is 42.9 Å². The predicted octanol–water partition coefficient (Wildman–Crippen LogP) is 3.48. The fourth-order valence-electron chi connectivity index (χ4n) is 3.88. The molecule has 1 N–H and O–H groups in total. The van der Waals surface area contributed by atoms with Crippen LogP contribution in [-0.4, -0.2) is 47.0 Å². The van der Waals surface area contributed by atoms with Crippen LogP contribution in [0.2, 0.25) is 0 Å². The number of halogens is 1. The Bertz CT molecular complexity index is 809.